The highest BCUT2D eigenvalue weighted by molar-refractivity contribution is 7.99. The first kappa shape index (κ1) is 11.2. The van der Waals surface area contributed by atoms with E-state index in [1.165, 1.54) is 0 Å². The average molecular weight is 234 g/mol. The van der Waals surface area contributed by atoms with E-state index < -0.39 is 0 Å². The van der Waals surface area contributed by atoms with E-state index in [1.807, 2.05) is 37.3 Å². The second-order valence-electron chi connectivity index (χ2n) is 3.58. The molecular formula is C12H14N2OS. The van der Waals surface area contributed by atoms with E-state index in [0.29, 0.717) is 0 Å². The topological polar surface area (TPSA) is 52.0 Å². The molecule has 4 heteroatoms. The second-order valence-corrected chi connectivity index (χ2v) is 4.74. The summed E-state index contributed by atoms with van der Waals surface area (Å²) in [7, 11) is 0. The highest BCUT2D eigenvalue weighted by Crippen LogP contribution is 2.36. The predicted octanol–water partition coefficient (Wildman–Crippen LogP) is 2.86. The third kappa shape index (κ3) is 2.65. The summed E-state index contributed by atoms with van der Waals surface area (Å²) in [5.41, 5.74) is 5.97. The maximum Gasteiger partial charge on any atom is 0.118 e. The number of nitrogens with two attached hydrogens (primary N) is 1. The van der Waals surface area contributed by atoms with Gasteiger partial charge in [-0.3, -0.25) is 0 Å². The Hall–Kier alpha value is -1.26. The lowest BCUT2D eigenvalue weighted by Crippen LogP contribution is -2.22. The summed E-state index contributed by atoms with van der Waals surface area (Å²) < 4.78 is 5.40. The van der Waals surface area contributed by atoms with Crippen LogP contribution in [-0.4, -0.2) is 11.0 Å². The van der Waals surface area contributed by atoms with E-state index in [-0.39, 0.29) is 11.3 Å². The number of nitrogens with zero attached hydrogens (tertiary/aromatic N) is 1. The van der Waals surface area contributed by atoms with Crippen molar-refractivity contribution in [2.75, 3.05) is 0 Å². The van der Waals surface area contributed by atoms with Crippen molar-refractivity contribution in [3.8, 4) is 0 Å². The molecule has 0 radical (unpaired) electrons. The number of furan rings is 1. The van der Waals surface area contributed by atoms with Crippen LogP contribution in [0.1, 0.15) is 17.9 Å². The van der Waals surface area contributed by atoms with E-state index in [2.05, 4.69) is 4.98 Å². The lowest BCUT2D eigenvalue weighted by atomic mass is 10.2. The summed E-state index contributed by atoms with van der Waals surface area (Å²) in [4.78, 5) is 4.28. The molecule has 2 unspecified atom stereocenters. The van der Waals surface area contributed by atoms with Crippen molar-refractivity contribution in [3.63, 3.8) is 0 Å². The molecule has 0 saturated carbocycles. The van der Waals surface area contributed by atoms with Gasteiger partial charge >= 0.3 is 0 Å². The van der Waals surface area contributed by atoms with Crippen molar-refractivity contribution >= 4 is 11.8 Å². The van der Waals surface area contributed by atoms with Gasteiger partial charge in [-0.2, -0.15) is 0 Å². The predicted molar refractivity (Wildman–Crippen MR) is 65.2 cm³/mol. The standard InChI is InChI=1S/C12H14N2OS/c1-9(13)12(10-5-4-8-15-10)16-11-6-2-3-7-14-11/h2-9,12H,13H2,1H3. The maximum absolute atomic E-state index is 5.97. The minimum atomic E-state index is 0.0122. The SMILES string of the molecule is CC(N)C(Sc1ccccn1)c1ccco1. The van der Waals surface area contributed by atoms with Crippen molar-refractivity contribution in [3.05, 3.63) is 48.6 Å². The first-order valence-electron chi connectivity index (χ1n) is 5.14. The van der Waals surface area contributed by atoms with E-state index in [1.54, 1.807) is 24.2 Å². The Labute approximate surface area is 99.1 Å². The quantitative estimate of drug-likeness (QED) is 0.826. The summed E-state index contributed by atoms with van der Waals surface area (Å²) in [5.74, 6) is 0.894. The van der Waals surface area contributed by atoms with Crippen LogP contribution < -0.4 is 5.73 Å². The van der Waals surface area contributed by atoms with Gasteiger partial charge in [0, 0.05) is 12.2 Å². The Kier molecular flexibility index (Phi) is 3.64. The molecule has 0 amide bonds. The van der Waals surface area contributed by atoms with Crippen LogP contribution in [0.25, 0.3) is 0 Å². The zero-order chi connectivity index (χ0) is 11.4. The van der Waals surface area contributed by atoms with Gasteiger partial charge in [-0.05, 0) is 31.2 Å². The van der Waals surface area contributed by atoms with Crippen molar-refractivity contribution in [2.45, 2.75) is 23.2 Å². The number of aromatic nitrogens is 1. The number of pyridine rings is 1. The average Bonchev–Trinajstić information content (AvgIpc) is 2.80. The molecule has 0 aromatic carbocycles. The van der Waals surface area contributed by atoms with Gasteiger partial charge in [-0.1, -0.05) is 17.8 Å². The lowest BCUT2D eigenvalue weighted by molar-refractivity contribution is 0.486. The maximum atomic E-state index is 5.97. The summed E-state index contributed by atoms with van der Waals surface area (Å²) in [5, 5.41) is 1.06. The van der Waals surface area contributed by atoms with Crippen LogP contribution in [0.2, 0.25) is 0 Å². The highest BCUT2D eigenvalue weighted by atomic mass is 32.2. The largest absolute Gasteiger partial charge is 0.468 e. The number of hydrogen-bond donors (Lipinski definition) is 1. The summed E-state index contributed by atoms with van der Waals surface area (Å²) in [6.45, 7) is 1.98. The third-order valence-corrected chi connectivity index (χ3v) is 3.59. The molecule has 0 aliphatic heterocycles. The molecule has 2 heterocycles. The molecule has 0 aliphatic rings. The van der Waals surface area contributed by atoms with Crippen molar-refractivity contribution in [2.24, 2.45) is 5.73 Å². The van der Waals surface area contributed by atoms with Gasteiger partial charge in [0.25, 0.3) is 0 Å². The Balaban J connectivity index is 2.16. The zero-order valence-electron chi connectivity index (χ0n) is 9.04. The van der Waals surface area contributed by atoms with Crippen LogP contribution in [-0.2, 0) is 0 Å². The molecule has 0 fully saturated rings. The second kappa shape index (κ2) is 5.18. The van der Waals surface area contributed by atoms with Gasteiger partial charge < -0.3 is 10.2 Å². The zero-order valence-corrected chi connectivity index (χ0v) is 9.85. The monoisotopic (exact) mass is 234 g/mol. The van der Waals surface area contributed by atoms with Gasteiger partial charge in [-0.15, -0.1) is 0 Å². The Morgan fingerprint density at radius 3 is 2.75 bits per heavy atom. The smallest absolute Gasteiger partial charge is 0.118 e. The third-order valence-electron chi connectivity index (χ3n) is 2.19. The van der Waals surface area contributed by atoms with E-state index in [9.17, 15) is 0 Å². The van der Waals surface area contributed by atoms with Gasteiger partial charge in [0.1, 0.15) is 5.76 Å². The highest BCUT2D eigenvalue weighted by Gasteiger charge is 2.20. The van der Waals surface area contributed by atoms with E-state index in [4.69, 9.17) is 10.2 Å². The minimum Gasteiger partial charge on any atom is -0.468 e. The summed E-state index contributed by atoms with van der Waals surface area (Å²) >= 11 is 1.62. The molecule has 0 aliphatic carbocycles. The van der Waals surface area contributed by atoms with Gasteiger partial charge in [-0.25, -0.2) is 4.98 Å². The van der Waals surface area contributed by atoms with Gasteiger partial charge in [0.05, 0.1) is 16.5 Å². The molecule has 2 rings (SSSR count). The molecule has 2 aromatic heterocycles. The first-order valence-corrected chi connectivity index (χ1v) is 6.02. The van der Waals surface area contributed by atoms with Crippen molar-refractivity contribution in [1.82, 2.24) is 4.98 Å². The fraction of sp³-hybridized carbons (Fsp3) is 0.250. The molecular weight excluding hydrogens is 220 g/mol. The number of thioether (sulfide) groups is 1. The van der Waals surface area contributed by atoms with Crippen LogP contribution in [0, 0.1) is 0 Å². The molecule has 2 aromatic rings. The van der Waals surface area contributed by atoms with Gasteiger partial charge in [0.2, 0.25) is 0 Å². The van der Waals surface area contributed by atoms with Crippen LogP contribution in [0.15, 0.2) is 52.2 Å². The van der Waals surface area contributed by atoms with Gasteiger partial charge in [0.15, 0.2) is 0 Å². The molecule has 16 heavy (non-hydrogen) atoms. The van der Waals surface area contributed by atoms with Crippen molar-refractivity contribution < 1.29 is 4.42 Å². The molecule has 2 atom stereocenters. The Morgan fingerprint density at radius 2 is 2.19 bits per heavy atom. The summed E-state index contributed by atoms with van der Waals surface area (Å²) in [6.07, 6.45) is 3.45. The fourth-order valence-corrected chi connectivity index (χ4v) is 2.43. The number of hydrogen-bond acceptors (Lipinski definition) is 4. The molecule has 3 nitrogen and oxygen atoms in total. The van der Waals surface area contributed by atoms with Crippen LogP contribution in [0.3, 0.4) is 0 Å². The van der Waals surface area contributed by atoms with Crippen molar-refractivity contribution in [1.29, 1.82) is 0 Å². The van der Waals surface area contributed by atoms with Crippen LogP contribution in [0.5, 0.6) is 0 Å². The van der Waals surface area contributed by atoms with Crippen LogP contribution in [0.4, 0.5) is 0 Å². The fourth-order valence-electron chi connectivity index (χ4n) is 1.42. The minimum absolute atomic E-state index is 0.0122. The number of rotatable bonds is 4. The first-order chi connectivity index (χ1) is 7.77. The summed E-state index contributed by atoms with van der Waals surface area (Å²) in [6, 6.07) is 9.68. The molecule has 0 bridgehead atoms. The lowest BCUT2D eigenvalue weighted by Gasteiger charge is -2.17. The van der Waals surface area contributed by atoms with E-state index in [0.717, 1.165) is 10.8 Å². The normalized spacial score (nSPS) is 14.6. The Bertz CT molecular complexity index is 414. The molecule has 2 N–H and O–H groups in total. The molecule has 0 saturated heterocycles. The molecule has 0 spiro atoms. The Morgan fingerprint density at radius 1 is 1.31 bits per heavy atom. The molecule has 84 valence electrons. The van der Waals surface area contributed by atoms with E-state index >= 15 is 0 Å². The van der Waals surface area contributed by atoms with Crippen LogP contribution >= 0.6 is 11.8 Å².